The second-order valence-electron chi connectivity index (χ2n) is 4.15. The molecule has 0 radical (unpaired) electrons. The maximum Gasteiger partial charge on any atom is 0.0197 e. The third-order valence-corrected chi connectivity index (χ3v) is 3.10. The first-order valence-corrected chi connectivity index (χ1v) is 4.78. The van der Waals surface area contributed by atoms with Gasteiger partial charge in [-0.15, -0.1) is 0 Å². The molecule has 0 aromatic rings. The molecule has 0 spiro atoms. The fraction of sp³-hybridized carbons (Fsp3) is 1.00. The van der Waals surface area contributed by atoms with Gasteiger partial charge in [-0.05, 0) is 43.4 Å². The topological polar surface area (TPSA) is 52.0 Å². The number of hydrogen-bond acceptors (Lipinski definition) is 2. The van der Waals surface area contributed by atoms with E-state index in [-0.39, 0.29) is 6.04 Å². The van der Waals surface area contributed by atoms with Crippen LogP contribution in [0.15, 0.2) is 0 Å². The van der Waals surface area contributed by atoms with Crippen LogP contribution in [-0.4, -0.2) is 12.6 Å². The van der Waals surface area contributed by atoms with Gasteiger partial charge in [-0.25, -0.2) is 0 Å². The average Bonchev–Trinajstić information content (AvgIpc) is 2.81. The normalized spacial score (nSPS) is 27.5. The quantitative estimate of drug-likeness (QED) is 0.626. The zero-order valence-electron chi connectivity index (χ0n) is 7.00. The van der Waals surface area contributed by atoms with Crippen molar-refractivity contribution < 1.29 is 0 Å². The van der Waals surface area contributed by atoms with Crippen molar-refractivity contribution in [3.8, 4) is 0 Å². The Hall–Kier alpha value is -0.0800. The van der Waals surface area contributed by atoms with E-state index in [9.17, 15) is 0 Å². The Morgan fingerprint density at radius 1 is 1.09 bits per heavy atom. The van der Waals surface area contributed by atoms with E-state index in [4.69, 9.17) is 11.5 Å². The van der Waals surface area contributed by atoms with Gasteiger partial charge in [0.25, 0.3) is 0 Å². The second kappa shape index (κ2) is 2.76. The molecule has 64 valence electrons. The van der Waals surface area contributed by atoms with Crippen molar-refractivity contribution in [3.63, 3.8) is 0 Å². The zero-order valence-corrected chi connectivity index (χ0v) is 7.00. The third kappa shape index (κ3) is 1.57. The molecule has 2 saturated carbocycles. The van der Waals surface area contributed by atoms with Crippen molar-refractivity contribution >= 4 is 0 Å². The van der Waals surface area contributed by atoms with E-state index in [2.05, 4.69) is 0 Å². The van der Waals surface area contributed by atoms with Crippen LogP contribution in [0, 0.1) is 17.8 Å². The van der Waals surface area contributed by atoms with Crippen molar-refractivity contribution in [1.29, 1.82) is 0 Å². The first-order valence-electron chi connectivity index (χ1n) is 4.78. The molecule has 0 saturated heterocycles. The van der Waals surface area contributed by atoms with E-state index in [1.807, 2.05) is 0 Å². The molecule has 0 amide bonds. The molecule has 1 atom stereocenters. The molecule has 0 heterocycles. The lowest BCUT2D eigenvalue weighted by Crippen LogP contribution is -2.39. The molecule has 0 aliphatic heterocycles. The Morgan fingerprint density at radius 2 is 1.55 bits per heavy atom. The molecule has 0 aromatic carbocycles. The van der Waals surface area contributed by atoms with Crippen molar-refractivity contribution in [1.82, 2.24) is 0 Å². The Kier molecular flexibility index (Phi) is 1.90. The predicted octanol–water partition coefficient (Wildman–Crippen LogP) is 0.709. The second-order valence-corrected chi connectivity index (χ2v) is 4.15. The first-order chi connectivity index (χ1) is 5.33. The van der Waals surface area contributed by atoms with Gasteiger partial charge in [-0.2, -0.15) is 0 Å². The summed E-state index contributed by atoms with van der Waals surface area (Å²) in [7, 11) is 0. The lowest BCUT2D eigenvalue weighted by atomic mass is 9.90. The van der Waals surface area contributed by atoms with Crippen LogP contribution in [0.3, 0.4) is 0 Å². The highest BCUT2D eigenvalue weighted by atomic mass is 14.8. The number of hydrogen-bond donors (Lipinski definition) is 2. The molecule has 2 fully saturated rings. The summed E-state index contributed by atoms with van der Waals surface area (Å²) < 4.78 is 0. The molecule has 2 heteroatoms. The summed E-state index contributed by atoms with van der Waals surface area (Å²) in [5.41, 5.74) is 11.6. The van der Waals surface area contributed by atoms with Crippen molar-refractivity contribution in [2.24, 2.45) is 29.2 Å². The zero-order chi connectivity index (χ0) is 7.84. The van der Waals surface area contributed by atoms with Gasteiger partial charge in [0.1, 0.15) is 0 Å². The SMILES string of the molecule is NCC(N)C(C1CC1)C1CC1. The Bertz CT molecular complexity index is 126. The summed E-state index contributed by atoms with van der Waals surface area (Å²) in [5.74, 6) is 2.67. The third-order valence-electron chi connectivity index (χ3n) is 3.10. The largest absolute Gasteiger partial charge is 0.329 e. The van der Waals surface area contributed by atoms with Gasteiger partial charge >= 0.3 is 0 Å². The molecule has 2 nitrogen and oxygen atoms in total. The summed E-state index contributed by atoms with van der Waals surface area (Å²) in [6.07, 6.45) is 5.65. The minimum atomic E-state index is 0.287. The van der Waals surface area contributed by atoms with Crippen molar-refractivity contribution in [3.05, 3.63) is 0 Å². The Labute approximate surface area is 68.3 Å². The molecular formula is C9H18N2. The van der Waals surface area contributed by atoms with Crippen LogP contribution in [0.5, 0.6) is 0 Å². The lowest BCUT2D eigenvalue weighted by molar-refractivity contribution is 0.334. The number of rotatable bonds is 4. The Balaban J connectivity index is 1.90. The summed E-state index contributed by atoms with van der Waals surface area (Å²) >= 11 is 0. The summed E-state index contributed by atoms with van der Waals surface area (Å²) in [6, 6.07) is 0.287. The average molecular weight is 154 g/mol. The van der Waals surface area contributed by atoms with Crippen LogP contribution in [0.25, 0.3) is 0 Å². The van der Waals surface area contributed by atoms with Gasteiger partial charge in [0, 0.05) is 12.6 Å². The number of nitrogens with two attached hydrogens (primary N) is 2. The predicted molar refractivity (Wildman–Crippen MR) is 46.0 cm³/mol. The highest BCUT2D eigenvalue weighted by Gasteiger charge is 2.43. The van der Waals surface area contributed by atoms with E-state index in [1.54, 1.807) is 0 Å². The van der Waals surface area contributed by atoms with Gasteiger partial charge in [-0.3, -0.25) is 0 Å². The van der Waals surface area contributed by atoms with E-state index < -0.39 is 0 Å². The highest BCUT2D eigenvalue weighted by Crippen LogP contribution is 2.50. The van der Waals surface area contributed by atoms with E-state index >= 15 is 0 Å². The highest BCUT2D eigenvalue weighted by molar-refractivity contribution is 4.96. The molecule has 0 aromatic heterocycles. The minimum Gasteiger partial charge on any atom is -0.329 e. The van der Waals surface area contributed by atoms with Gasteiger partial charge in [0.2, 0.25) is 0 Å². The summed E-state index contributed by atoms with van der Waals surface area (Å²) in [4.78, 5) is 0. The van der Waals surface area contributed by atoms with E-state index in [1.165, 1.54) is 25.7 Å². The fourth-order valence-corrected chi connectivity index (χ4v) is 2.20. The van der Waals surface area contributed by atoms with Gasteiger partial charge < -0.3 is 11.5 Å². The van der Waals surface area contributed by atoms with Gasteiger partial charge in [0.15, 0.2) is 0 Å². The van der Waals surface area contributed by atoms with Gasteiger partial charge in [0.05, 0.1) is 0 Å². The fourth-order valence-electron chi connectivity index (χ4n) is 2.20. The van der Waals surface area contributed by atoms with Crippen molar-refractivity contribution in [2.45, 2.75) is 31.7 Å². The summed E-state index contributed by atoms with van der Waals surface area (Å²) in [6.45, 7) is 0.678. The standard InChI is InChI=1S/C9H18N2/c10-5-8(11)9(6-1-2-6)7-3-4-7/h6-9H,1-5,10-11H2. The molecule has 1 unspecified atom stereocenters. The van der Waals surface area contributed by atoms with E-state index in [0.29, 0.717) is 6.54 Å². The van der Waals surface area contributed by atoms with E-state index in [0.717, 1.165) is 17.8 Å². The maximum atomic E-state index is 5.97. The molecule has 0 bridgehead atoms. The molecule has 2 aliphatic carbocycles. The van der Waals surface area contributed by atoms with Crippen molar-refractivity contribution in [2.75, 3.05) is 6.54 Å². The van der Waals surface area contributed by atoms with Crippen LogP contribution >= 0.6 is 0 Å². The smallest absolute Gasteiger partial charge is 0.0197 e. The van der Waals surface area contributed by atoms with Crippen LogP contribution in [0.1, 0.15) is 25.7 Å². The van der Waals surface area contributed by atoms with Gasteiger partial charge in [-0.1, -0.05) is 0 Å². The van der Waals surface area contributed by atoms with Crippen LogP contribution in [0.4, 0.5) is 0 Å². The van der Waals surface area contributed by atoms with Crippen LogP contribution in [0.2, 0.25) is 0 Å². The molecule has 4 N–H and O–H groups in total. The minimum absolute atomic E-state index is 0.287. The monoisotopic (exact) mass is 154 g/mol. The van der Waals surface area contributed by atoms with Crippen LogP contribution in [-0.2, 0) is 0 Å². The Morgan fingerprint density at radius 3 is 1.82 bits per heavy atom. The maximum absolute atomic E-state index is 5.97. The van der Waals surface area contributed by atoms with Crippen LogP contribution < -0.4 is 11.5 Å². The summed E-state index contributed by atoms with van der Waals surface area (Å²) in [5, 5.41) is 0. The lowest BCUT2D eigenvalue weighted by Gasteiger charge is -2.21. The molecule has 2 aliphatic rings. The molecule has 11 heavy (non-hydrogen) atoms. The molecular weight excluding hydrogens is 136 g/mol. The molecule has 2 rings (SSSR count). The first kappa shape index (κ1) is 7.56.